The molecule has 23 heavy (non-hydrogen) atoms. The first-order valence-corrected chi connectivity index (χ1v) is 7.68. The molecule has 1 saturated heterocycles. The molecule has 1 aliphatic heterocycles. The van der Waals surface area contributed by atoms with Crippen LogP contribution < -0.4 is 0 Å². The number of hydrogen-bond acceptors (Lipinski definition) is 5. The summed E-state index contributed by atoms with van der Waals surface area (Å²) in [7, 11) is 2.93. The number of methoxy groups -OCH3 is 1. The maximum atomic E-state index is 12.3. The van der Waals surface area contributed by atoms with E-state index in [4.69, 9.17) is 9.15 Å². The lowest BCUT2D eigenvalue weighted by atomic mass is 10.2. The highest BCUT2D eigenvalue weighted by atomic mass is 79.9. The molecule has 2 amide bonds. The number of ether oxygens (including phenoxy) is 1. The molecule has 0 radical (unpaired) electrons. The Labute approximate surface area is 141 Å². The Balaban J connectivity index is 2.02. The molecule has 2 unspecified atom stereocenters. The monoisotopic (exact) mass is 388 g/mol. The quantitative estimate of drug-likeness (QED) is 0.800. The van der Waals surface area contributed by atoms with Gasteiger partial charge in [-0.2, -0.15) is 0 Å². The zero-order chi connectivity index (χ0) is 17.1. The molecule has 8 nitrogen and oxygen atoms in total. The van der Waals surface area contributed by atoms with Gasteiger partial charge in [-0.15, -0.1) is 0 Å². The van der Waals surface area contributed by atoms with Gasteiger partial charge in [0.25, 0.3) is 5.91 Å². The van der Waals surface area contributed by atoms with Gasteiger partial charge in [0.15, 0.2) is 10.4 Å². The number of carboxylic acid groups (broad SMARTS) is 1. The van der Waals surface area contributed by atoms with Crippen LogP contribution in [0.1, 0.15) is 17.0 Å². The van der Waals surface area contributed by atoms with Gasteiger partial charge in [0.2, 0.25) is 5.91 Å². The van der Waals surface area contributed by atoms with Crippen molar-refractivity contribution < 1.29 is 28.6 Å². The Morgan fingerprint density at radius 1 is 1.48 bits per heavy atom. The second kappa shape index (κ2) is 7.14. The number of amides is 2. The standard InChI is InChI=1S/C14H17BrN2O6/c1-16(13(19)10-3-4-11(15)23-10)7-12(18)17-6-8(22-2)5-9(17)14(20)21/h3-4,8-9H,5-7H2,1-2H3,(H,20,21). The van der Waals surface area contributed by atoms with Crippen molar-refractivity contribution in [3.63, 3.8) is 0 Å². The molecule has 0 aliphatic carbocycles. The highest BCUT2D eigenvalue weighted by Crippen LogP contribution is 2.21. The summed E-state index contributed by atoms with van der Waals surface area (Å²) in [6.45, 7) is -0.0437. The molecule has 0 bridgehead atoms. The van der Waals surface area contributed by atoms with Crippen molar-refractivity contribution in [3.8, 4) is 0 Å². The number of aliphatic carboxylic acids is 1. The molecule has 1 fully saturated rings. The van der Waals surface area contributed by atoms with Crippen molar-refractivity contribution in [2.75, 3.05) is 27.2 Å². The van der Waals surface area contributed by atoms with Gasteiger partial charge in [-0.1, -0.05) is 0 Å². The van der Waals surface area contributed by atoms with E-state index in [-0.39, 0.29) is 31.4 Å². The number of carbonyl (C=O) groups is 3. The maximum absolute atomic E-state index is 12.3. The fraction of sp³-hybridized carbons (Fsp3) is 0.500. The zero-order valence-electron chi connectivity index (χ0n) is 12.7. The minimum Gasteiger partial charge on any atom is -0.480 e. The van der Waals surface area contributed by atoms with E-state index >= 15 is 0 Å². The lowest BCUT2D eigenvalue weighted by molar-refractivity contribution is -0.148. The molecule has 2 atom stereocenters. The number of carboxylic acids is 1. The minimum absolute atomic E-state index is 0.0955. The van der Waals surface area contributed by atoms with Crippen LogP contribution in [0.3, 0.4) is 0 Å². The SMILES string of the molecule is COC1CC(C(=O)O)N(C(=O)CN(C)C(=O)c2ccc(Br)o2)C1. The summed E-state index contributed by atoms with van der Waals surface area (Å²) >= 11 is 3.10. The molecule has 9 heteroatoms. The molecule has 1 aromatic heterocycles. The van der Waals surface area contributed by atoms with Crippen molar-refractivity contribution in [1.82, 2.24) is 9.80 Å². The Hall–Kier alpha value is -1.87. The summed E-state index contributed by atoms with van der Waals surface area (Å²) in [5, 5.41) is 9.22. The Morgan fingerprint density at radius 2 is 2.17 bits per heavy atom. The van der Waals surface area contributed by atoms with E-state index in [1.807, 2.05) is 0 Å². The van der Waals surface area contributed by atoms with Gasteiger partial charge in [-0.3, -0.25) is 9.59 Å². The predicted octanol–water partition coefficient (Wildman–Crippen LogP) is 0.815. The third-order valence-electron chi connectivity index (χ3n) is 3.70. The van der Waals surface area contributed by atoms with Crippen molar-refractivity contribution in [3.05, 3.63) is 22.6 Å². The molecule has 1 aromatic rings. The molecule has 0 spiro atoms. The average Bonchev–Trinajstić information content (AvgIpc) is 3.12. The van der Waals surface area contributed by atoms with E-state index in [0.29, 0.717) is 4.67 Å². The second-order valence-electron chi connectivity index (χ2n) is 5.26. The zero-order valence-corrected chi connectivity index (χ0v) is 14.3. The average molecular weight is 389 g/mol. The van der Waals surface area contributed by atoms with Crippen LogP contribution in [-0.2, 0) is 14.3 Å². The first-order chi connectivity index (χ1) is 10.8. The third-order valence-corrected chi connectivity index (χ3v) is 4.13. The largest absolute Gasteiger partial charge is 0.480 e. The molecule has 2 heterocycles. The fourth-order valence-corrected chi connectivity index (χ4v) is 2.77. The lowest BCUT2D eigenvalue weighted by Crippen LogP contribution is -2.46. The molecular formula is C14H17BrN2O6. The van der Waals surface area contributed by atoms with Crippen LogP contribution in [0.15, 0.2) is 21.2 Å². The van der Waals surface area contributed by atoms with E-state index in [0.717, 1.165) is 0 Å². The van der Waals surface area contributed by atoms with Crippen molar-refractivity contribution >= 4 is 33.7 Å². The summed E-state index contributed by atoms with van der Waals surface area (Å²) in [4.78, 5) is 38.2. The maximum Gasteiger partial charge on any atom is 0.326 e. The van der Waals surface area contributed by atoms with E-state index in [9.17, 15) is 19.5 Å². The topological polar surface area (TPSA) is 100 Å². The Kier molecular flexibility index (Phi) is 5.42. The van der Waals surface area contributed by atoms with Gasteiger partial charge in [0, 0.05) is 27.1 Å². The van der Waals surface area contributed by atoms with Gasteiger partial charge in [0.1, 0.15) is 6.04 Å². The highest BCUT2D eigenvalue weighted by molar-refractivity contribution is 9.10. The number of halogens is 1. The van der Waals surface area contributed by atoms with Crippen LogP contribution in [0.4, 0.5) is 0 Å². The van der Waals surface area contributed by atoms with Crippen molar-refractivity contribution in [1.29, 1.82) is 0 Å². The first kappa shape index (κ1) is 17.5. The number of rotatable bonds is 5. The Morgan fingerprint density at radius 3 is 2.70 bits per heavy atom. The van der Waals surface area contributed by atoms with Gasteiger partial charge in [-0.05, 0) is 28.1 Å². The van der Waals surface area contributed by atoms with Crippen LogP contribution in [0.5, 0.6) is 0 Å². The van der Waals surface area contributed by atoms with Crippen LogP contribution in [-0.4, -0.2) is 72.1 Å². The number of nitrogens with zero attached hydrogens (tertiary/aromatic N) is 2. The molecule has 1 N–H and O–H groups in total. The number of likely N-dealkylation sites (N-methyl/N-ethyl adjacent to an activating group) is 1. The summed E-state index contributed by atoms with van der Waals surface area (Å²) in [6, 6.07) is 2.13. The highest BCUT2D eigenvalue weighted by Gasteiger charge is 2.40. The molecule has 126 valence electrons. The molecular weight excluding hydrogens is 372 g/mol. The van der Waals surface area contributed by atoms with Gasteiger partial charge < -0.3 is 24.1 Å². The summed E-state index contributed by atoms with van der Waals surface area (Å²) < 4.78 is 10.7. The predicted molar refractivity (Wildman–Crippen MR) is 81.9 cm³/mol. The smallest absolute Gasteiger partial charge is 0.326 e. The first-order valence-electron chi connectivity index (χ1n) is 6.89. The third kappa shape index (κ3) is 3.91. The van der Waals surface area contributed by atoms with Crippen molar-refractivity contribution in [2.45, 2.75) is 18.6 Å². The summed E-state index contributed by atoms with van der Waals surface area (Å²) in [6.07, 6.45) is -0.0810. The molecule has 0 aromatic carbocycles. The number of hydrogen-bond donors (Lipinski definition) is 1. The molecule has 0 saturated carbocycles. The van der Waals surface area contributed by atoms with E-state index in [2.05, 4.69) is 15.9 Å². The summed E-state index contributed by atoms with van der Waals surface area (Å²) in [5.41, 5.74) is 0. The van der Waals surface area contributed by atoms with E-state index < -0.39 is 23.8 Å². The van der Waals surface area contributed by atoms with Crippen LogP contribution >= 0.6 is 15.9 Å². The van der Waals surface area contributed by atoms with E-state index in [1.54, 1.807) is 6.07 Å². The van der Waals surface area contributed by atoms with Crippen LogP contribution in [0.2, 0.25) is 0 Å². The van der Waals surface area contributed by atoms with Crippen LogP contribution in [0, 0.1) is 0 Å². The lowest BCUT2D eigenvalue weighted by Gasteiger charge is -2.24. The minimum atomic E-state index is -1.08. The molecule has 1 aliphatic rings. The normalized spacial score (nSPS) is 20.6. The van der Waals surface area contributed by atoms with Gasteiger partial charge in [-0.25, -0.2) is 4.79 Å². The van der Waals surface area contributed by atoms with Crippen LogP contribution in [0.25, 0.3) is 0 Å². The Bertz CT molecular complexity index is 616. The van der Waals surface area contributed by atoms with Gasteiger partial charge >= 0.3 is 5.97 Å². The fourth-order valence-electron chi connectivity index (χ4n) is 2.46. The van der Waals surface area contributed by atoms with Crippen molar-refractivity contribution in [2.24, 2.45) is 0 Å². The number of furan rings is 1. The van der Waals surface area contributed by atoms with E-state index in [1.165, 1.54) is 30.0 Å². The number of carbonyl (C=O) groups excluding carboxylic acids is 2. The second-order valence-corrected chi connectivity index (χ2v) is 6.04. The number of likely N-dealkylation sites (tertiary alicyclic amines) is 1. The molecule has 2 rings (SSSR count). The summed E-state index contributed by atoms with van der Waals surface area (Å²) in [5.74, 6) is -1.89. The van der Waals surface area contributed by atoms with Gasteiger partial charge in [0.05, 0.1) is 12.6 Å².